The third-order valence-corrected chi connectivity index (χ3v) is 4.35. The van der Waals surface area contributed by atoms with Crippen LogP contribution in [0.25, 0.3) is 10.9 Å². The van der Waals surface area contributed by atoms with Crippen LogP contribution in [0.3, 0.4) is 0 Å². The minimum Gasteiger partial charge on any atom is -0.489 e. The van der Waals surface area contributed by atoms with E-state index in [0.717, 1.165) is 45.5 Å². The molecule has 0 unspecified atom stereocenters. The van der Waals surface area contributed by atoms with E-state index in [2.05, 4.69) is 17.1 Å². The second-order valence-corrected chi connectivity index (χ2v) is 5.93. The fraction of sp³-hybridized carbons (Fsp3) is 0.200. The van der Waals surface area contributed by atoms with Gasteiger partial charge in [0.15, 0.2) is 5.78 Å². The molecule has 3 nitrogen and oxygen atoms in total. The average Bonchev–Trinajstić information content (AvgIpc) is 2.94. The maximum Gasteiger partial charge on any atom is 0.163 e. The minimum absolute atomic E-state index is 0.218. The van der Waals surface area contributed by atoms with Crippen molar-refractivity contribution in [3.8, 4) is 5.75 Å². The summed E-state index contributed by atoms with van der Waals surface area (Å²) in [5.41, 5.74) is 4.95. The van der Waals surface area contributed by atoms with Crippen molar-refractivity contribution in [3.63, 3.8) is 0 Å². The van der Waals surface area contributed by atoms with E-state index in [9.17, 15) is 4.79 Å². The minimum atomic E-state index is 0.218. The number of benzene rings is 2. The largest absolute Gasteiger partial charge is 0.489 e. The number of aromatic nitrogens is 1. The summed E-state index contributed by atoms with van der Waals surface area (Å²) in [7, 11) is 0. The Hall–Kier alpha value is -2.68. The molecule has 2 aromatic carbocycles. The first-order chi connectivity index (χ1) is 11.2. The molecule has 4 rings (SSSR count). The summed E-state index contributed by atoms with van der Waals surface area (Å²) in [4.78, 5) is 16.4. The van der Waals surface area contributed by atoms with Crippen LogP contribution in [0.5, 0.6) is 5.75 Å². The molecule has 1 aliphatic rings. The fourth-order valence-electron chi connectivity index (χ4n) is 3.26. The summed E-state index contributed by atoms with van der Waals surface area (Å²) < 4.78 is 6.07. The molecule has 0 bridgehead atoms. The van der Waals surface area contributed by atoms with E-state index in [1.54, 1.807) is 0 Å². The number of hydrogen-bond acceptors (Lipinski definition) is 3. The molecule has 0 amide bonds. The van der Waals surface area contributed by atoms with Crippen molar-refractivity contribution in [3.05, 3.63) is 70.9 Å². The number of ether oxygens (including phenoxy) is 1. The molecule has 0 saturated carbocycles. The first-order valence-electron chi connectivity index (χ1n) is 7.85. The van der Waals surface area contributed by atoms with Gasteiger partial charge in [0.25, 0.3) is 0 Å². The summed E-state index contributed by atoms with van der Waals surface area (Å²) in [5, 5.41) is 1.11. The molecule has 0 spiro atoms. The number of hydrogen-bond donors (Lipinski definition) is 0. The van der Waals surface area contributed by atoms with Crippen LogP contribution in [-0.2, 0) is 13.0 Å². The van der Waals surface area contributed by atoms with E-state index in [-0.39, 0.29) is 5.78 Å². The SMILES string of the molecule is Cc1cc(COc2cccc3c2CCC3=O)c2ccccc2n1. The molecule has 1 aromatic heterocycles. The lowest BCUT2D eigenvalue weighted by Crippen LogP contribution is -2.01. The number of aryl methyl sites for hydroxylation is 1. The van der Waals surface area contributed by atoms with Gasteiger partial charge in [0, 0.05) is 34.2 Å². The van der Waals surface area contributed by atoms with Gasteiger partial charge in [0.1, 0.15) is 12.4 Å². The van der Waals surface area contributed by atoms with Crippen LogP contribution in [0.2, 0.25) is 0 Å². The highest BCUT2D eigenvalue weighted by Gasteiger charge is 2.22. The lowest BCUT2D eigenvalue weighted by Gasteiger charge is -2.12. The van der Waals surface area contributed by atoms with Crippen molar-refractivity contribution in [1.82, 2.24) is 4.98 Å². The molecular weight excluding hydrogens is 286 g/mol. The Labute approximate surface area is 134 Å². The number of fused-ring (bicyclic) bond motifs is 2. The van der Waals surface area contributed by atoms with Crippen LogP contribution in [0.4, 0.5) is 0 Å². The summed E-state index contributed by atoms with van der Waals surface area (Å²) in [6, 6.07) is 15.9. The van der Waals surface area contributed by atoms with E-state index in [1.807, 2.05) is 43.3 Å². The van der Waals surface area contributed by atoms with Crippen LogP contribution in [0.1, 0.15) is 33.6 Å². The van der Waals surface area contributed by atoms with Gasteiger partial charge < -0.3 is 4.74 Å². The Morgan fingerprint density at radius 3 is 2.87 bits per heavy atom. The molecular formula is C20H17NO2. The molecule has 0 fully saturated rings. The predicted molar refractivity (Wildman–Crippen MR) is 89.9 cm³/mol. The Morgan fingerprint density at radius 2 is 1.96 bits per heavy atom. The van der Waals surface area contributed by atoms with Gasteiger partial charge in [-0.25, -0.2) is 0 Å². The Kier molecular flexibility index (Phi) is 3.34. The third kappa shape index (κ3) is 2.48. The Bertz CT molecular complexity index is 915. The molecule has 1 aliphatic carbocycles. The van der Waals surface area contributed by atoms with Gasteiger partial charge in [-0.3, -0.25) is 9.78 Å². The summed E-state index contributed by atoms with van der Waals surface area (Å²) >= 11 is 0. The second-order valence-electron chi connectivity index (χ2n) is 5.93. The number of Topliss-reactive ketones (excluding diaryl/α,β-unsaturated/α-hetero) is 1. The van der Waals surface area contributed by atoms with Crippen LogP contribution in [0.15, 0.2) is 48.5 Å². The maximum absolute atomic E-state index is 11.8. The highest BCUT2D eigenvalue weighted by atomic mass is 16.5. The maximum atomic E-state index is 11.8. The number of carbonyl (C=O) groups excluding carboxylic acids is 1. The van der Waals surface area contributed by atoms with Crippen molar-refractivity contribution in [1.29, 1.82) is 0 Å². The second kappa shape index (κ2) is 5.51. The number of nitrogens with zero attached hydrogens (tertiary/aromatic N) is 1. The van der Waals surface area contributed by atoms with Crippen molar-refractivity contribution in [2.24, 2.45) is 0 Å². The molecule has 0 radical (unpaired) electrons. The zero-order valence-corrected chi connectivity index (χ0v) is 13.0. The monoisotopic (exact) mass is 303 g/mol. The molecule has 0 aliphatic heterocycles. The molecule has 0 N–H and O–H groups in total. The smallest absolute Gasteiger partial charge is 0.163 e. The fourth-order valence-corrected chi connectivity index (χ4v) is 3.26. The normalized spacial score (nSPS) is 13.3. The quantitative estimate of drug-likeness (QED) is 0.726. The van der Waals surface area contributed by atoms with E-state index >= 15 is 0 Å². The van der Waals surface area contributed by atoms with Gasteiger partial charge in [-0.1, -0.05) is 30.3 Å². The molecule has 3 heteroatoms. The van der Waals surface area contributed by atoms with E-state index in [4.69, 9.17) is 4.74 Å². The Morgan fingerprint density at radius 1 is 1.09 bits per heavy atom. The van der Waals surface area contributed by atoms with Gasteiger partial charge in [-0.2, -0.15) is 0 Å². The standard InChI is InChI=1S/C20H17NO2/c1-13-11-14(15-5-2-3-7-18(15)21-13)12-23-20-8-4-6-16-17(20)9-10-19(16)22/h2-8,11H,9-10,12H2,1H3. The predicted octanol–water partition coefficient (Wildman–Crippen LogP) is 4.25. The van der Waals surface area contributed by atoms with Gasteiger partial charge in [0.2, 0.25) is 0 Å². The number of pyridine rings is 1. The zero-order valence-electron chi connectivity index (χ0n) is 13.0. The van der Waals surface area contributed by atoms with Crippen molar-refractivity contribution in [2.45, 2.75) is 26.4 Å². The zero-order chi connectivity index (χ0) is 15.8. The third-order valence-electron chi connectivity index (χ3n) is 4.35. The van der Waals surface area contributed by atoms with Crippen LogP contribution in [-0.4, -0.2) is 10.8 Å². The van der Waals surface area contributed by atoms with Crippen molar-refractivity contribution in [2.75, 3.05) is 0 Å². The summed E-state index contributed by atoms with van der Waals surface area (Å²) in [5.74, 6) is 1.04. The van der Waals surface area contributed by atoms with E-state index < -0.39 is 0 Å². The molecule has 114 valence electrons. The highest BCUT2D eigenvalue weighted by Crippen LogP contribution is 2.31. The molecule has 3 aromatic rings. The van der Waals surface area contributed by atoms with Crippen molar-refractivity contribution >= 4 is 16.7 Å². The first-order valence-corrected chi connectivity index (χ1v) is 7.85. The molecule has 0 saturated heterocycles. The van der Waals surface area contributed by atoms with E-state index in [0.29, 0.717) is 13.0 Å². The van der Waals surface area contributed by atoms with Crippen molar-refractivity contribution < 1.29 is 9.53 Å². The lowest BCUT2D eigenvalue weighted by atomic mass is 10.1. The molecule has 0 atom stereocenters. The van der Waals surface area contributed by atoms with Gasteiger partial charge in [-0.15, -0.1) is 0 Å². The van der Waals surface area contributed by atoms with Crippen LogP contribution < -0.4 is 4.74 Å². The number of ketones is 1. The van der Waals surface area contributed by atoms with Crippen LogP contribution in [0, 0.1) is 6.92 Å². The van der Waals surface area contributed by atoms with Gasteiger partial charge in [-0.05, 0) is 31.5 Å². The van der Waals surface area contributed by atoms with Gasteiger partial charge in [0.05, 0.1) is 5.52 Å². The number of rotatable bonds is 3. The average molecular weight is 303 g/mol. The summed E-state index contributed by atoms with van der Waals surface area (Å²) in [6.45, 7) is 2.48. The topological polar surface area (TPSA) is 39.2 Å². The van der Waals surface area contributed by atoms with E-state index in [1.165, 1.54) is 0 Å². The molecule has 1 heterocycles. The highest BCUT2D eigenvalue weighted by molar-refractivity contribution is 6.01. The lowest BCUT2D eigenvalue weighted by molar-refractivity contribution is 0.0994. The van der Waals surface area contributed by atoms with Gasteiger partial charge >= 0.3 is 0 Å². The summed E-state index contributed by atoms with van der Waals surface area (Å²) in [6.07, 6.45) is 1.37. The Balaban J connectivity index is 1.67. The number of carbonyl (C=O) groups is 1. The molecule has 23 heavy (non-hydrogen) atoms. The first kappa shape index (κ1) is 13.9. The number of para-hydroxylation sites is 1. The van der Waals surface area contributed by atoms with Crippen LogP contribution >= 0.6 is 0 Å².